The number of H-pyrrole nitrogens is 1. The number of fused-ring (bicyclic) bond motifs is 1. The number of aryl methyl sites for hydroxylation is 1. The minimum absolute atomic E-state index is 0.238. The highest BCUT2D eigenvalue weighted by molar-refractivity contribution is 5.84. The SMILES string of the molecule is Cc1cc(-c2nc3c(C#N)cccc3[nH]2)ccc1F. The minimum atomic E-state index is -0.238. The molecule has 0 aliphatic carbocycles. The van der Waals surface area contributed by atoms with Crippen LogP contribution in [0.15, 0.2) is 36.4 Å². The van der Waals surface area contributed by atoms with Gasteiger partial charge in [-0.05, 0) is 42.8 Å². The third kappa shape index (κ3) is 1.85. The largest absolute Gasteiger partial charge is 0.338 e. The monoisotopic (exact) mass is 251 g/mol. The Labute approximate surface area is 109 Å². The molecule has 0 saturated heterocycles. The maximum Gasteiger partial charge on any atom is 0.138 e. The number of nitrogens with zero attached hydrogens (tertiary/aromatic N) is 2. The zero-order valence-electron chi connectivity index (χ0n) is 10.2. The van der Waals surface area contributed by atoms with E-state index in [1.54, 1.807) is 31.2 Å². The summed E-state index contributed by atoms with van der Waals surface area (Å²) in [6.07, 6.45) is 0. The highest BCUT2D eigenvalue weighted by atomic mass is 19.1. The molecule has 1 N–H and O–H groups in total. The summed E-state index contributed by atoms with van der Waals surface area (Å²) in [7, 11) is 0. The standard InChI is InChI=1S/C15H10FN3/c1-9-7-10(5-6-12(9)16)15-18-13-4-2-3-11(8-17)14(13)19-15/h2-7H,1H3,(H,18,19). The summed E-state index contributed by atoms with van der Waals surface area (Å²) < 4.78 is 13.3. The van der Waals surface area contributed by atoms with E-state index >= 15 is 0 Å². The topological polar surface area (TPSA) is 52.5 Å². The van der Waals surface area contributed by atoms with Gasteiger partial charge < -0.3 is 4.98 Å². The number of para-hydroxylation sites is 1. The molecule has 0 spiro atoms. The first-order valence-corrected chi connectivity index (χ1v) is 5.84. The lowest BCUT2D eigenvalue weighted by atomic mass is 10.1. The molecule has 4 heteroatoms. The van der Waals surface area contributed by atoms with Crippen molar-refractivity contribution in [2.75, 3.05) is 0 Å². The number of aromatic nitrogens is 2. The van der Waals surface area contributed by atoms with Crippen LogP contribution in [0.5, 0.6) is 0 Å². The Kier molecular flexibility index (Phi) is 2.53. The average Bonchev–Trinajstić information content (AvgIpc) is 2.85. The van der Waals surface area contributed by atoms with E-state index in [4.69, 9.17) is 5.26 Å². The molecule has 2 aromatic carbocycles. The van der Waals surface area contributed by atoms with Gasteiger partial charge in [-0.1, -0.05) is 6.07 Å². The second-order valence-corrected chi connectivity index (χ2v) is 4.36. The zero-order chi connectivity index (χ0) is 13.4. The number of halogens is 1. The molecule has 3 rings (SSSR count). The number of aromatic amines is 1. The van der Waals surface area contributed by atoms with Crippen molar-refractivity contribution < 1.29 is 4.39 Å². The Morgan fingerprint density at radius 3 is 2.84 bits per heavy atom. The summed E-state index contributed by atoms with van der Waals surface area (Å²) in [6.45, 7) is 1.71. The number of nitriles is 1. The maximum atomic E-state index is 13.3. The van der Waals surface area contributed by atoms with E-state index < -0.39 is 0 Å². The van der Waals surface area contributed by atoms with Crippen molar-refractivity contribution in [1.82, 2.24) is 9.97 Å². The van der Waals surface area contributed by atoms with Crippen LogP contribution >= 0.6 is 0 Å². The molecule has 0 saturated carbocycles. The molecule has 1 aromatic heterocycles. The summed E-state index contributed by atoms with van der Waals surface area (Å²) >= 11 is 0. The van der Waals surface area contributed by atoms with Crippen molar-refractivity contribution in [3.8, 4) is 17.5 Å². The summed E-state index contributed by atoms with van der Waals surface area (Å²) in [6, 6.07) is 12.3. The van der Waals surface area contributed by atoms with Crippen LogP contribution in [0.1, 0.15) is 11.1 Å². The molecule has 0 atom stereocenters. The Morgan fingerprint density at radius 1 is 1.26 bits per heavy atom. The van der Waals surface area contributed by atoms with E-state index in [1.807, 2.05) is 6.07 Å². The molecule has 3 aromatic rings. The molecule has 0 amide bonds. The fraction of sp³-hybridized carbons (Fsp3) is 0.0667. The van der Waals surface area contributed by atoms with Crippen LogP contribution in [0.4, 0.5) is 4.39 Å². The Bertz CT molecular complexity index is 812. The number of imidazole rings is 1. The summed E-state index contributed by atoms with van der Waals surface area (Å²) in [4.78, 5) is 7.57. The van der Waals surface area contributed by atoms with Crippen LogP contribution in [-0.4, -0.2) is 9.97 Å². The molecule has 0 bridgehead atoms. The van der Waals surface area contributed by atoms with Gasteiger partial charge in [0.15, 0.2) is 0 Å². The van der Waals surface area contributed by atoms with Gasteiger partial charge in [0.25, 0.3) is 0 Å². The molecule has 3 nitrogen and oxygen atoms in total. The molecule has 0 aliphatic heterocycles. The van der Waals surface area contributed by atoms with Crippen LogP contribution in [0, 0.1) is 24.1 Å². The lowest BCUT2D eigenvalue weighted by molar-refractivity contribution is 0.618. The first-order valence-electron chi connectivity index (χ1n) is 5.84. The third-order valence-corrected chi connectivity index (χ3v) is 3.06. The number of hydrogen-bond donors (Lipinski definition) is 1. The molecular weight excluding hydrogens is 241 g/mol. The fourth-order valence-corrected chi connectivity index (χ4v) is 2.05. The summed E-state index contributed by atoms with van der Waals surface area (Å²) in [5.41, 5.74) is 3.34. The van der Waals surface area contributed by atoms with Gasteiger partial charge in [-0.2, -0.15) is 5.26 Å². The molecule has 0 radical (unpaired) electrons. The van der Waals surface area contributed by atoms with Crippen LogP contribution in [-0.2, 0) is 0 Å². The van der Waals surface area contributed by atoms with Gasteiger partial charge in [-0.15, -0.1) is 0 Å². The fourth-order valence-electron chi connectivity index (χ4n) is 2.05. The van der Waals surface area contributed by atoms with Crippen molar-refractivity contribution in [2.45, 2.75) is 6.92 Å². The molecular formula is C15H10FN3. The quantitative estimate of drug-likeness (QED) is 0.719. The van der Waals surface area contributed by atoms with Crippen molar-refractivity contribution >= 4 is 11.0 Å². The minimum Gasteiger partial charge on any atom is -0.338 e. The van der Waals surface area contributed by atoms with E-state index in [1.165, 1.54) is 6.07 Å². The molecule has 1 heterocycles. The van der Waals surface area contributed by atoms with Crippen molar-refractivity contribution in [3.05, 3.63) is 53.3 Å². The number of hydrogen-bond acceptors (Lipinski definition) is 2. The Balaban J connectivity index is 2.21. The molecule has 19 heavy (non-hydrogen) atoms. The van der Waals surface area contributed by atoms with Crippen LogP contribution in [0.3, 0.4) is 0 Å². The van der Waals surface area contributed by atoms with Gasteiger partial charge in [0.1, 0.15) is 23.2 Å². The van der Waals surface area contributed by atoms with E-state index in [0.29, 0.717) is 22.5 Å². The number of rotatable bonds is 1. The van der Waals surface area contributed by atoms with E-state index in [-0.39, 0.29) is 5.82 Å². The van der Waals surface area contributed by atoms with Gasteiger partial charge >= 0.3 is 0 Å². The van der Waals surface area contributed by atoms with Gasteiger partial charge in [0.2, 0.25) is 0 Å². The smallest absolute Gasteiger partial charge is 0.138 e. The van der Waals surface area contributed by atoms with E-state index in [2.05, 4.69) is 16.0 Å². The molecule has 0 aliphatic rings. The van der Waals surface area contributed by atoms with E-state index in [0.717, 1.165) is 11.1 Å². The molecule has 0 unspecified atom stereocenters. The lowest BCUT2D eigenvalue weighted by Crippen LogP contribution is -1.85. The van der Waals surface area contributed by atoms with Gasteiger partial charge in [-0.3, -0.25) is 0 Å². The third-order valence-electron chi connectivity index (χ3n) is 3.06. The normalized spacial score (nSPS) is 10.6. The predicted octanol–water partition coefficient (Wildman–Crippen LogP) is 3.55. The molecule has 0 fully saturated rings. The van der Waals surface area contributed by atoms with Crippen LogP contribution in [0.2, 0.25) is 0 Å². The summed E-state index contributed by atoms with van der Waals surface area (Å²) in [5.74, 6) is 0.401. The van der Waals surface area contributed by atoms with Crippen LogP contribution in [0.25, 0.3) is 22.4 Å². The lowest BCUT2D eigenvalue weighted by Gasteiger charge is -1.99. The van der Waals surface area contributed by atoms with Crippen molar-refractivity contribution in [2.24, 2.45) is 0 Å². The number of benzene rings is 2. The Hall–Kier alpha value is -2.67. The second kappa shape index (κ2) is 4.21. The summed E-state index contributed by atoms with van der Waals surface area (Å²) in [5, 5.41) is 9.04. The average molecular weight is 251 g/mol. The Morgan fingerprint density at radius 2 is 2.11 bits per heavy atom. The zero-order valence-corrected chi connectivity index (χ0v) is 10.2. The van der Waals surface area contributed by atoms with Crippen molar-refractivity contribution in [3.63, 3.8) is 0 Å². The van der Waals surface area contributed by atoms with Gasteiger partial charge in [-0.25, -0.2) is 9.37 Å². The van der Waals surface area contributed by atoms with Crippen molar-refractivity contribution in [1.29, 1.82) is 5.26 Å². The first kappa shape index (κ1) is 11.4. The second-order valence-electron chi connectivity index (χ2n) is 4.36. The van der Waals surface area contributed by atoms with Gasteiger partial charge in [0.05, 0.1) is 11.1 Å². The maximum absolute atomic E-state index is 13.3. The van der Waals surface area contributed by atoms with Gasteiger partial charge in [0, 0.05) is 5.56 Å². The highest BCUT2D eigenvalue weighted by Crippen LogP contribution is 2.23. The van der Waals surface area contributed by atoms with Crippen LogP contribution < -0.4 is 0 Å². The molecule has 92 valence electrons. The van der Waals surface area contributed by atoms with E-state index in [9.17, 15) is 4.39 Å². The highest BCUT2D eigenvalue weighted by Gasteiger charge is 2.09. The first-order chi connectivity index (χ1) is 9.19. The number of nitrogens with one attached hydrogen (secondary N) is 1. The predicted molar refractivity (Wildman–Crippen MR) is 70.9 cm³/mol.